The van der Waals surface area contributed by atoms with Gasteiger partial charge in [0.2, 0.25) is 0 Å². The average molecular weight is 259 g/mol. The van der Waals surface area contributed by atoms with E-state index in [1.807, 2.05) is 0 Å². The lowest BCUT2D eigenvalue weighted by molar-refractivity contribution is 0.233. The molecule has 0 radical (unpaired) electrons. The van der Waals surface area contributed by atoms with Gasteiger partial charge in [0, 0.05) is 6.04 Å². The Morgan fingerprint density at radius 2 is 1.63 bits per heavy atom. The second-order valence-corrected chi connectivity index (χ2v) is 6.48. The van der Waals surface area contributed by atoms with Crippen molar-refractivity contribution in [2.45, 2.75) is 59.4 Å². The van der Waals surface area contributed by atoms with E-state index >= 15 is 0 Å². The van der Waals surface area contributed by atoms with Gasteiger partial charge in [0.15, 0.2) is 0 Å². The van der Waals surface area contributed by atoms with Crippen molar-refractivity contribution in [3.8, 4) is 0 Å². The minimum atomic E-state index is 0.552. The Hall–Kier alpha value is -0.820. The SMILES string of the molecule is CCNC(c1cc(C)cc(C)c1)C1CCC(C)CC1. The fourth-order valence-electron chi connectivity index (χ4n) is 3.59. The molecule has 0 saturated heterocycles. The van der Waals surface area contributed by atoms with Crippen LogP contribution < -0.4 is 5.32 Å². The molecule has 1 N–H and O–H groups in total. The molecule has 1 heteroatoms. The number of nitrogens with one attached hydrogen (secondary N) is 1. The molecule has 2 rings (SSSR count). The van der Waals surface area contributed by atoms with Gasteiger partial charge in [-0.3, -0.25) is 0 Å². The second kappa shape index (κ2) is 6.56. The van der Waals surface area contributed by atoms with Gasteiger partial charge in [0.25, 0.3) is 0 Å². The number of benzene rings is 1. The molecule has 0 amide bonds. The molecule has 1 aliphatic rings. The van der Waals surface area contributed by atoms with Crippen molar-refractivity contribution in [1.82, 2.24) is 5.32 Å². The molecular weight excluding hydrogens is 230 g/mol. The number of rotatable bonds is 4. The molecular formula is C18H29N. The zero-order valence-electron chi connectivity index (χ0n) is 13.0. The molecule has 1 atom stereocenters. The van der Waals surface area contributed by atoms with E-state index in [9.17, 15) is 0 Å². The van der Waals surface area contributed by atoms with Crippen molar-refractivity contribution in [2.75, 3.05) is 6.54 Å². The first-order chi connectivity index (χ1) is 9.10. The monoisotopic (exact) mass is 259 g/mol. The lowest BCUT2D eigenvalue weighted by Gasteiger charge is -2.34. The van der Waals surface area contributed by atoms with Crippen molar-refractivity contribution in [1.29, 1.82) is 0 Å². The van der Waals surface area contributed by atoms with Crippen molar-refractivity contribution in [2.24, 2.45) is 11.8 Å². The highest BCUT2D eigenvalue weighted by Gasteiger charge is 2.26. The maximum absolute atomic E-state index is 3.74. The van der Waals surface area contributed by atoms with Gasteiger partial charge in [-0.25, -0.2) is 0 Å². The fraction of sp³-hybridized carbons (Fsp3) is 0.667. The Morgan fingerprint density at radius 1 is 1.05 bits per heavy atom. The Bertz CT molecular complexity index is 382. The standard InChI is InChI=1S/C18H29N/c1-5-19-18(16-8-6-13(2)7-9-16)17-11-14(3)10-15(4)12-17/h10-13,16,18-19H,5-9H2,1-4H3. The summed E-state index contributed by atoms with van der Waals surface area (Å²) < 4.78 is 0. The van der Waals surface area contributed by atoms with Crippen LogP contribution in [0.2, 0.25) is 0 Å². The lowest BCUT2D eigenvalue weighted by atomic mass is 9.77. The van der Waals surface area contributed by atoms with E-state index in [2.05, 4.69) is 51.2 Å². The van der Waals surface area contributed by atoms with Gasteiger partial charge in [0.1, 0.15) is 0 Å². The zero-order chi connectivity index (χ0) is 13.8. The molecule has 1 unspecified atom stereocenters. The summed E-state index contributed by atoms with van der Waals surface area (Å²) in [6.45, 7) is 10.1. The first kappa shape index (κ1) is 14.6. The Morgan fingerprint density at radius 3 is 2.16 bits per heavy atom. The van der Waals surface area contributed by atoms with Crippen molar-refractivity contribution >= 4 is 0 Å². The van der Waals surface area contributed by atoms with Crippen LogP contribution in [-0.2, 0) is 0 Å². The van der Waals surface area contributed by atoms with E-state index in [4.69, 9.17) is 0 Å². The smallest absolute Gasteiger partial charge is 0.0348 e. The van der Waals surface area contributed by atoms with Gasteiger partial charge >= 0.3 is 0 Å². The van der Waals surface area contributed by atoms with Gasteiger partial charge in [-0.2, -0.15) is 0 Å². The molecule has 0 spiro atoms. The number of hydrogen-bond acceptors (Lipinski definition) is 1. The summed E-state index contributed by atoms with van der Waals surface area (Å²) in [5.74, 6) is 1.75. The van der Waals surface area contributed by atoms with Crippen LogP contribution in [0.15, 0.2) is 18.2 Å². The molecule has 106 valence electrons. The topological polar surface area (TPSA) is 12.0 Å². The van der Waals surface area contributed by atoms with Crippen LogP contribution in [0.25, 0.3) is 0 Å². The fourth-order valence-corrected chi connectivity index (χ4v) is 3.59. The first-order valence-electron chi connectivity index (χ1n) is 7.91. The summed E-state index contributed by atoms with van der Waals surface area (Å²) in [5, 5.41) is 3.74. The van der Waals surface area contributed by atoms with E-state index < -0.39 is 0 Å². The summed E-state index contributed by atoms with van der Waals surface area (Å²) in [6.07, 6.45) is 5.56. The summed E-state index contributed by atoms with van der Waals surface area (Å²) in [5.41, 5.74) is 4.28. The maximum Gasteiger partial charge on any atom is 0.0348 e. The number of aryl methyl sites for hydroxylation is 2. The Labute approximate surface area is 118 Å². The highest BCUT2D eigenvalue weighted by atomic mass is 14.9. The summed E-state index contributed by atoms with van der Waals surface area (Å²) in [7, 11) is 0. The molecule has 1 saturated carbocycles. The Balaban J connectivity index is 2.19. The molecule has 1 aliphatic carbocycles. The van der Waals surface area contributed by atoms with E-state index in [0.717, 1.165) is 18.4 Å². The van der Waals surface area contributed by atoms with Gasteiger partial charge in [-0.15, -0.1) is 0 Å². The molecule has 1 aromatic carbocycles. The molecule has 1 aromatic rings. The normalized spacial score (nSPS) is 25.3. The molecule has 0 aliphatic heterocycles. The van der Waals surface area contributed by atoms with Crippen molar-refractivity contribution in [3.05, 3.63) is 34.9 Å². The highest BCUT2D eigenvalue weighted by Crippen LogP contribution is 2.37. The highest BCUT2D eigenvalue weighted by molar-refractivity contribution is 5.31. The summed E-state index contributed by atoms with van der Waals surface area (Å²) >= 11 is 0. The third-order valence-electron chi connectivity index (χ3n) is 4.56. The van der Waals surface area contributed by atoms with Crippen LogP contribution in [0.1, 0.15) is 62.3 Å². The van der Waals surface area contributed by atoms with Crippen LogP contribution in [0.4, 0.5) is 0 Å². The Kier molecular flexibility index (Phi) is 5.04. The molecule has 1 fully saturated rings. The quantitative estimate of drug-likeness (QED) is 0.820. The summed E-state index contributed by atoms with van der Waals surface area (Å²) in [6, 6.07) is 7.57. The molecule has 0 aromatic heterocycles. The predicted octanol–water partition coefficient (Wildman–Crippen LogP) is 4.78. The zero-order valence-corrected chi connectivity index (χ0v) is 13.0. The lowest BCUT2D eigenvalue weighted by Crippen LogP contribution is -2.30. The average Bonchev–Trinajstić information content (AvgIpc) is 2.36. The van der Waals surface area contributed by atoms with E-state index in [1.54, 1.807) is 0 Å². The van der Waals surface area contributed by atoms with Crippen molar-refractivity contribution < 1.29 is 0 Å². The minimum Gasteiger partial charge on any atom is -0.310 e. The summed E-state index contributed by atoms with van der Waals surface area (Å²) in [4.78, 5) is 0. The van der Waals surface area contributed by atoms with E-state index in [0.29, 0.717) is 6.04 Å². The van der Waals surface area contributed by atoms with Crippen LogP contribution in [0.5, 0.6) is 0 Å². The minimum absolute atomic E-state index is 0.552. The van der Waals surface area contributed by atoms with Crippen LogP contribution in [0, 0.1) is 25.7 Å². The largest absolute Gasteiger partial charge is 0.310 e. The first-order valence-corrected chi connectivity index (χ1v) is 7.91. The number of hydrogen-bond donors (Lipinski definition) is 1. The molecule has 1 nitrogen and oxygen atoms in total. The second-order valence-electron chi connectivity index (χ2n) is 6.48. The van der Waals surface area contributed by atoms with Gasteiger partial charge < -0.3 is 5.32 Å². The van der Waals surface area contributed by atoms with Crippen LogP contribution in [0.3, 0.4) is 0 Å². The molecule has 19 heavy (non-hydrogen) atoms. The van der Waals surface area contributed by atoms with Gasteiger partial charge in [-0.05, 0) is 50.6 Å². The van der Waals surface area contributed by atoms with Crippen LogP contribution >= 0.6 is 0 Å². The molecule has 0 bridgehead atoms. The van der Waals surface area contributed by atoms with Gasteiger partial charge in [0.05, 0.1) is 0 Å². The maximum atomic E-state index is 3.74. The third kappa shape index (κ3) is 3.82. The molecule has 0 heterocycles. The third-order valence-corrected chi connectivity index (χ3v) is 4.56. The van der Waals surface area contributed by atoms with Crippen molar-refractivity contribution in [3.63, 3.8) is 0 Å². The predicted molar refractivity (Wildman–Crippen MR) is 83.5 cm³/mol. The van der Waals surface area contributed by atoms with Gasteiger partial charge in [-0.1, -0.05) is 56.0 Å². The van der Waals surface area contributed by atoms with E-state index in [-0.39, 0.29) is 0 Å². The van der Waals surface area contributed by atoms with E-state index in [1.165, 1.54) is 42.4 Å². The van der Waals surface area contributed by atoms with Crippen LogP contribution in [-0.4, -0.2) is 6.54 Å².